The summed E-state index contributed by atoms with van der Waals surface area (Å²) < 4.78 is 5.26. The number of carbonyl (C=O) groups excluding carboxylic acids is 1. The van der Waals surface area contributed by atoms with E-state index in [1.165, 1.54) is 0 Å². The molecule has 2 atom stereocenters. The minimum Gasteiger partial charge on any atom is -0.497 e. The third-order valence-corrected chi connectivity index (χ3v) is 4.98. The molecule has 2 N–H and O–H groups in total. The van der Waals surface area contributed by atoms with Gasteiger partial charge in [0.25, 0.3) is 0 Å². The Morgan fingerprint density at radius 2 is 1.85 bits per heavy atom. The first-order valence-corrected chi connectivity index (χ1v) is 8.94. The molecule has 2 aromatic rings. The van der Waals surface area contributed by atoms with Crippen LogP contribution >= 0.6 is 0 Å². The van der Waals surface area contributed by atoms with Gasteiger partial charge in [-0.2, -0.15) is 0 Å². The largest absolute Gasteiger partial charge is 0.497 e. The topological polar surface area (TPSA) is 71.7 Å². The average molecular weight is 354 g/mol. The van der Waals surface area contributed by atoms with Crippen LogP contribution in [-0.2, 0) is 4.79 Å². The summed E-state index contributed by atoms with van der Waals surface area (Å²) in [4.78, 5) is 21.3. The van der Waals surface area contributed by atoms with Crippen molar-refractivity contribution in [1.29, 1.82) is 0 Å². The van der Waals surface area contributed by atoms with E-state index in [1.54, 1.807) is 13.3 Å². The first kappa shape index (κ1) is 18.2. The van der Waals surface area contributed by atoms with Crippen LogP contribution in [0.5, 0.6) is 5.75 Å². The van der Waals surface area contributed by atoms with Crippen LogP contribution in [0.4, 0.5) is 5.82 Å². The van der Waals surface area contributed by atoms with Gasteiger partial charge in [-0.15, -0.1) is 0 Å². The molecule has 138 valence electrons. The second-order valence-corrected chi connectivity index (χ2v) is 6.59. The Kier molecular flexibility index (Phi) is 5.73. The first-order valence-electron chi connectivity index (χ1n) is 8.94. The predicted molar refractivity (Wildman–Crippen MR) is 102 cm³/mol. The van der Waals surface area contributed by atoms with Crippen molar-refractivity contribution in [3.63, 3.8) is 0 Å². The fourth-order valence-corrected chi connectivity index (χ4v) is 3.26. The highest BCUT2D eigenvalue weighted by atomic mass is 16.5. The van der Waals surface area contributed by atoms with E-state index in [0.717, 1.165) is 30.2 Å². The molecule has 3 rings (SSSR count). The standard InChI is InChI=1S/C20H26N4O2/c1-15(19(21)16-6-4-3-5-7-16)20(25)24-12-10-23(11-13-24)18-14-17(26-2)8-9-22-18/h3-9,14-15,19H,10-13,21H2,1-2H3. The molecule has 1 aromatic carbocycles. The Balaban J connectivity index is 1.59. The highest BCUT2D eigenvalue weighted by molar-refractivity contribution is 5.79. The quantitative estimate of drug-likeness (QED) is 0.890. The van der Waals surface area contributed by atoms with E-state index in [0.29, 0.717) is 13.1 Å². The Labute approximate surface area is 154 Å². The van der Waals surface area contributed by atoms with Gasteiger partial charge in [0.15, 0.2) is 0 Å². The van der Waals surface area contributed by atoms with E-state index in [4.69, 9.17) is 10.5 Å². The fourth-order valence-electron chi connectivity index (χ4n) is 3.26. The first-order chi connectivity index (χ1) is 12.6. The van der Waals surface area contributed by atoms with Crippen molar-refractivity contribution in [2.75, 3.05) is 38.2 Å². The number of piperazine rings is 1. The average Bonchev–Trinajstić information content (AvgIpc) is 2.73. The summed E-state index contributed by atoms with van der Waals surface area (Å²) in [5, 5.41) is 0. The van der Waals surface area contributed by atoms with Gasteiger partial charge >= 0.3 is 0 Å². The van der Waals surface area contributed by atoms with Crippen molar-refractivity contribution in [1.82, 2.24) is 9.88 Å². The van der Waals surface area contributed by atoms with Crippen molar-refractivity contribution in [3.8, 4) is 5.75 Å². The molecular formula is C20H26N4O2. The van der Waals surface area contributed by atoms with E-state index in [1.807, 2.05) is 54.3 Å². The molecule has 1 aliphatic heterocycles. The fraction of sp³-hybridized carbons (Fsp3) is 0.400. The third kappa shape index (κ3) is 3.96. The van der Waals surface area contributed by atoms with E-state index >= 15 is 0 Å². The minimum absolute atomic E-state index is 0.111. The Morgan fingerprint density at radius 3 is 2.50 bits per heavy atom. The van der Waals surface area contributed by atoms with E-state index in [9.17, 15) is 4.79 Å². The van der Waals surface area contributed by atoms with Crippen LogP contribution in [0.25, 0.3) is 0 Å². The molecule has 6 nitrogen and oxygen atoms in total. The zero-order chi connectivity index (χ0) is 18.5. The highest BCUT2D eigenvalue weighted by Crippen LogP contribution is 2.23. The molecule has 0 bridgehead atoms. The van der Waals surface area contributed by atoms with Crippen molar-refractivity contribution in [3.05, 3.63) is 54.2 Å². The van der Waals surface area contributed by atoms with Crippen LogP contribution < -0.4 is 15.4 Å². The van der Waals surface area contributed by atoms with Gasteiger partial charge in [-0.25, -0.2) is 4.98 Å². The maximum absolute atomic E-state index is 12.8. The number of hydrogen-bond acceptors (Lipinski definition) is 5. The Hall–Kier alpha value is -2.60. The molecule has 1 aliphatic rings. The summed E-state index contributed by atoms with van der Waals surface area (Å²) in [6, 6.07) is 13.3. The zero-order valence-corrected chi connectivity index (χ0v) is 15.3. The molecule has 26 heavy (non-hydrogen) atoms. The number of hydrogen-bond donors (Lipinski definition) is 1. The number of rotatable bonds is 5. The van der Waals surface area contributed by atoms with Gasteiger partial charge in [0, 0.05) is 44.5 Å². The molecule has 1 saturated heterocycles. The van der Waals surface area contributed by atoms with Gasteiger partial charge in [-0.05, 0) is 11.6 Å². The Bertz CT molecular complexity index is 730. The molecule has 0 aliphatic carbocycles. The molecule has 1 amide bonds. The minimum atomic E-state index is -0.290. The number of anilines is 1. The van der Waals surface area contributed by atoms with Gasteiger partial charge in [0.2, 0.25) is 5.91 Å². The Morgan fingerprint density at radius 1 is 1.15 bits per heavy atom. The third-order valence-electron chi connectivity index (χ3n) is 4.98. The van der Waals surface area contributed by atoms with Crippen LogP contribution in [0, 0.1) is 5.92 Å². The zero-order valence-electron chi connectivity index (χ0n) is 15.3. The summed E-state index contributed by atoms with van der Waals surface area (Å²) >= 11 is 0. The van der Waals surface area contributed by atoms with Gasteiger partial charge < -0.3 is 20.3 Å². The normalized spacial score (nSPS) is 16.9. The van der Waals surface area contributed by atoms with Gasteiger partial charge in [-0.1, -0.05) is 37.3 Å². The molecule has 2 heterocycles. The lowest BCUT2D eigenvalue weighted by atomic mass is 9.94. The highest BCUT2D eigenvalue weighted by Gasteiger charge is 2.29. The molecule has 6 heteroatoms. The van der Waals surface area contributed by atoms with Crippen molar-refractivity contribution in [2.45, 2.75) is 13.0 Å². The molecule has 0 saturated carbocycles. The summed E-state index contributed by atoms with van der Waals surface area (Å²) in [6.45, 7) is 4.75. The predicted octanol–water partition coefficient (Wildman–Crippen LogP) is 2.07. The van der Waals surface area contributed by atoms with E-state index in [-0.39, 0.29) is 17.9 Å². The molecule has 0 spiro atoms. The lowest BCUT2D eigenvalue weighted by Crippen LogP contribution is -2.51. The van der Waals surface area contributed by atoms with Gasteiger partial charge in [-0.3, -0.25) is 4.79 Å². The number of methoxy groups -OCH3 is 1. The number of benzene rings is 1. The second-order valence-electron chi connectivity index (χ2n) is 6.59. The summed E-state index contributed by atoms with van der Waals surface area (Å²) in [6.07, 6.45) is 1.74. The smallest absolute Gasteiger partial charge is 0.227 e. The monoisotopic (exact) mass is 354 g/mol. The summed E-state index contributed by atoms with van der Waals surface area (Å²) in [5.41, 5.74) is 7.31. The number of pyridine rings is 1. The van der Waals surface area contributed by atoms with Crippen molar-refractivity contribution < 1.29 is 9.53 Å². The molecule has 0 radical (unpaired) electrons. The molecule has 2 unspecified atom stereocenters. The van der Waals surface area contributed by atoms with Crippen LogP contribution in [0.2, 0.25) is 0 Å². The number of aromatic nitrogens is 1. The maximum Gasteiger partial charge on any atom is 0.227 e. The lowest BCUT2D eigenvalue weighted by molar-refractivity contribution is -0.136. The summed E-state index contributed by atoms with van der Waals surface area (Å²) in [7, 11) is 1.65. The van der Waals surface area contributed by atoms with Gasteiger partial charge in [0.05, 0.1) is 13.0 Å². The molecular weight excluding hydrogens is 328 g/mol. The van der Waals surface area contributed by atoms with E-state index < -0.39 is 0 Å². The van der Waals surface area contributed by atoms with Gasteiger partial charge in [0.1, 0.15) is 11.6 Å². The number of nitrogens with two attached hydrogens (primary N) is 1. The molecule has 1 aromatic heterocycles. The van der Waals surface area contributed by atoms with Crippen LogP contribution in [0.15, 0.2) is 48.7 Å². The van der Waals surface area contributed by atoms with Crippen molar-refractivity contribution in [2.24, 2.45) is 11.7 Å². The SMILES string of the molecule is COc1ccnc(N2CCN(C(=O)C(C)C(N)c3ccccc3)CC2)c1. The van der Waals surface area contributed by atoms with E-state index in [2.05, 4.69) is 9.88 Å². The molecule has 1 fully saturated rings. The number of carbonyl (C=O) groups is 1. The lowest BCUT2D eigenvalue weighted by Gasteiger charge is -2.37. The van der Waals surface area contributed by atoms with Crippen LogP contribution in [-0.4, -0.2) is 49.1 Å². The maximum atomic E-state index is 12.8. The summed E-state index contributed by atoms with van der Waals surface area (Å²) in [5.74, 6) is 1.53. The second kappa shape index (κ2) is 8.19. The number of ether oxygens (including phenoxy) is 1. The number of amides is 1. The van der Waals surface area contributed by atoms with Crippen LogP contribution in [0.1, 0.15) is 18.5 Å². The number of nitrogens with zero attached hydrogens (tertiary/aromatic N) is 3. The van der Waals surface area contributed by atoms with Crippen LogP contribution in [0.3, 0.4) is 0 Å². The van der Waals surface area contributed by atoms with Crippen molar-refractivity contribution >= 4 is 11.7 Å².